The summed E-state index contributed by atoms with van der Waals surface area (Å²) in [5.41, 5.74) is 1.49. The Morgan fingerprint density at radius 3 is 2.96 bits per heavy atom. The van der Waals surface area contributed by atoms with E-state index in [1.165, 1.54) is 6.20 Å². The zero-order valence-electron chi connectivity index (χ0n) is 13.7. The quantitative estimate of drug-likeness (QED) is 0.795. The van der Waals surface area contributed by atoms with Gasteiger partial charge in [0.05, 0.1) is 16.8 Å². The van der Waals surface area contributed by atoms with Crippen LogP contribution in [0.25, 0.3) is 0 Å². The number of amides is 3. The molecular weight excluding hydrogens is 356 g/mol. The fraction of sp³-hybridized carbons (Fsp3) is 0.222. The molecule has 1 saturated heterocycles. The van der Waals surface area contributed by atoms with Gasteiger partial charge in [0.1, 0.15) is 11.2 Å². The Balaban J connectivity index is 1.64. The van der Waals surface area contributed by atoms with Crippen LogP contribution in [-0.2, 0) is 4.79 Å². The predicted molar refractivity (Wildman–Crippen MR) is 96.3 cm³/mol. The van der Waals surface area contributed by atoms with Crippen molar-refractivity contribution in [2.24, 2.45) is 0 Å². The lowest BCUT2D eigenvalue weighted by molar-refractivity contribution is -0.119. The van der Waals surface area contributed by atoms with Crippen LogP contribution in [0.5, 0.6) is 0 Å². The third kappa shape index (κ3) is 2.80. The second kappa shape index (κ2) is 6.42. The van der Waals surface area contributed by atoms with Crippen molar-refractivity contribution in [1.82, 2.24) is 9.88 Å². The second-order valence-corrected chi connectivity index (χ2v) is 6.56. The van der Waals surface area contributed by atoms with Crippen LogP contribution in [0.2, 0.25) is 5.15 Å². The van der Waals surface area contributed by atoms with Gasteiger partial charge in [0.2, 0.25) is 5.91 Å². The Hall–Kier alpha value is -2.93. The van der Waals surface area contributed by atoms with Gasteiger partial charge in [-0.1, -0.05) is 11.6 Å². The predicted octanol–water partition coefficient (Wildman–Crippen LogP) is 2.54. The van der Waals surface area contributed by atoms with Gasteiger partial charge in [-0.05, 0) is 43.2 Å². The fourth-order valence-electron chi connectivity index (χ4n) is 3.31. The highest BCUT2D eigenvalue weighted by Gasteiger charge is 2.38. The van der Waals surface area contributed by atoms with Crippen molar-refractivity contribution in [3.05, 3.63) is 52.8 Å². The number of carbonyl (C=O) groups excluding carboxylic acids is 3. The van der Waals surface area contributed by atoms with E-state index in [2.05, 4.69) is 15.6 Å². The minimum atomic E-state index is -0.429. The van der Waals surface area contributed by atoms with Crippen molar-refractivity contribution in [3.8, 4) is 0 Å². The first-order valence-corrected chi connectivity index (χ1v) is 8.60. The number of hydrogen-bond donors (Lipinski definition) is 2. The monoisotopic (exact) mass is 370 g/mol. The molecule has 3 heterocycles. The number of hydrogen-bond acceptors (Lipinski definition) is 4. The summed E-state index contributed by atoms with van der Waals surface area (Å²) in [6.07, 6.45) is 2.96. The van der Waals surface area contributed by atoms with Crippen LogP contribution in [0.4, 0.5) is 11.4 Å². The normalized spacial score (nSPS) is 18.7. The zero-order valence-corrected chi connectivity index (χ0v) is 14.4. The highest BCUT2D eigenvalue weighted by molar-refractivity contribution is 6.33. The van der Waals surface area contributed by atoms with Gasteiger partial charge < -0.3 is 15.5 Å². The molecule has 1 aromatic carbocycles. The van der Waals surface area contributed by atoms with Crippen molar-refractivity contribution in [2.75, 3.05) is 17.2 Å². The highest BCUT2D eigenvalue weighted by atomic mass is 35.5. The van der Waals surface area contributed by atoms with E-state index in [0.29, 0.717) is 29.9 Å². The van der Waals surface area contributed by atoms with Crippen molar-refractivity contribution in [1.29, 1.82) is 0 Å². The smallest absolute Gasteiger partial charge is 0.258 e. The lowest BCUT2D eigenvalue weighted by Crippen LogP contribution is -2.40. The van der Waals surface area contributed by atoms with Crippen LogP contribution in [0.3, 0.4) is 0 Å². The molecule has 0 spiro atoms. The standard InChI is InChI=1S/C18H15ClN4O3/c19-15-11(3-1-7-20-15)16(24)21-10-5-6-13-12(9-10)18(26)23-8-2-4-14(23)17(25)22-13/h1,3,5-7,9,14H,2,4,8H2,(H,21,24)(H,22,25). The molecule has 7 nitrogen and oxygen atoms in total. The molecule has 26 heavy (non-hydrogen) atoms. The SMILES string of the molecule is O=C(Nc1ccc2c(c1)C(=O)N1CCCC1C(=O)N2)c1cccnc1Cl. The van der Waals surface area contributed by atoms with E-state index in [-0.39, 0.29) is 22.5 Å². The molecule has 1 fully saturated rings. The maximum absolute atomic E-state index is 12.8. The van der Waals surface area contributed by atoms with Gasteiger partial charge in [-0.15, -0.1) is 0 Å². The van der Waals surface area contributed by atoms with E-state index in [9.17, 15) is 14.4 Å². The molecule has 8 heteroatoms. The van der Waals surface area contributed by atoms with E-state index in [0.717, 1.165) is 6.42 Å². The van der Waals surface area contributed by atoms with Gasteiger partial charge in [-0.25, -0.2) is 4.98 Å². The van der Waals surface area contributed by atoms with Crippen LogP contribution in [0, 0.1) is 0 Å². The molecule has 2 N–H and O–H groups in total. The average molecular weight is 371 g/mol. The minimum Gasteiger partial charge on any atom is -0.327 e. The number of pyridine rings is 1. The van der Waals surface area contributed by atoms with Gasteiger partial charge >= 0.3 is 0 Å². The Kier molecular flexibility index (Phi) is 4.08. The largest absolute Gasteiger partial charge is 0.327 e. The van der Waals surface area contributed by atoms with Gasteiger partial charge in [0.15, 0.2) is 0 Å². The van der Waals surface area contributed by atoms with E-state index >= 15 is 0 Å². The molecule has 2 aliphatic rings. The first-order chi connectivity index (χ1) is 12.5. The number of anilines is 2. The maximum Gasteiger partial charge on any atom is 0.258 e. The molecule has 3 amide bonds. The highest BCUT2D eigenvalue weighted by Crippen LogP contribution is 2.30. The molecule has 2 aliphatic heterocycles. The fourth-order valence-corrected chi connectivity index (χ4v) is 3.52. The van der Waals surface area contributed by atoms with E-state index in [4.69, 9.17) is 11.6 Å². The van der Waals surface area contributed by atoms with Crippen LogP contribution in [0.15, 0.2) is 36.5 Å². The Morgan fingerprint density at radius 2 is 2.15 bits per heavy atom. The average Bonchev–Trinajstić information content (AvgIpc) is 3.09. The summed E-state index contributed by atoms with van der Waals surface area (Å²) in [4.78, 5) is 43.0. The van der Waals surface area contributed by atoms with Crippen LogP contribution < -0.4 is 10.6 Å². The zero-order chi connectivity index (χ0) is 18.3. The summed E-state index contributed by atoms with van der Waals surface area (Å²) in [6.45, 7) is 0.554. The van der Waals surface area contributed by atoms with Gasteiger partial charge in [0.25, 0.3) is 11.8 Å². The molecule has 4 rings (SSSR count). The molecular formula is C18H15ClN4O3. The number of rotatable bonds is 2. The van der Waals surface area contributed by atoms with Crippen LogP contribution in [0.1, 0.15) is 33.6 Å². The number of nitrogens with zero attached hydrogens (tertiary/aromatic N) is 2. The molecule has 132 valence electrons. The molecule has 2 aromatic rings. The van der Waals surface area contributed by atoms with Crippen LogP contribution in [-0.4, -0.2) is 40.2 Å². The first-order valence-electron chi connectivity index (χ1n) is 8.22. The lowest BCUT2D eigenvalue weighted by Gasteiger charge is -2.20. The minimum absolute atomic E-state index is 0.100. The number of nitrogens with one attached hydrogen (secondary N) is 2. The number of benzene rings is 1. The summed E-state index contributed by atoms with van der Waals surface area (Å²) in [5.74, 6) is -0.808. The summed E-state index contributed by atoms with van der Waals surface area (Å²) in [5, 5.41) is 5.61. The first kappa shape index (κ1) is 16.5. The van der Waals surface area contributed by atoms with Gasteiger partial charge in [-0.2, -0.15) is 0 Å². The van der Waals surface area contributed by atoms with E-state index < -0.39 is 11.9 Å². The lowest BCUT2D eigenvalue weighted by atomic mass is 10.1. The summed E-state index contributed by atoms with van der Waals surface area (Å²) < 4.78 is 0. The van der Waals surface area contributed by atoms with Crippen molar-refractivity contribution >= 4 is 40.7 Å². The van der Waals surface area contributed by atoms with Crippen LogP contribution >= 0.6 is 11.6 Å². The summed E-state index contributed by atoms with van der Waals surface area (Å²) in [7, 11) is 0. The van der Waals surface area contributed by atoms with Crippen molar-refractivity contribution in [2.45, 2.75) is 18.9 Å². The van der Waals surface area contributed by atoms with E-state index in [1.54, 1.807) is 35.2 Å². The van der Waals surface area contributed by atoms with E-state index in [1.807, 2.05) is 0 Å². The Morgan fingerprint density at radius 1 is 1.31 bits per heavy atom. The number of aromatic nitrogens is 1. The molecule has 0 bridgehead atoms. The second-order valence-electron chi connectivity index (χ2n) is 6.20. The Bertz CT molecular complexity index is 930. The third-order valence-corrected chi connectivity index (χ3v) is 4.89. The maximum atomic E-state index is 12.8. The molecule has 1 aromatic heterocycles. The number of carbonyl (C=O) groups is 3. The van der Waals surface area contributed by atoms with Crippen molar-refractivity contribution < 1.29 is 14.4 Å². The Labute approximate surface area is 154 Å². The molecule has 1 atom stereocenters. The van der Waals surface area contributed by atoms with Gasteiger partial charge in [-0.3, -0.25) is 14.4 Å². The third-order valence-electron chi connectivity index (χ3n) is 4.59. The topological polar surface area (TPSA) is 91.4 Å². The molecule has 0 aliphatic carbocycles. The number of halogens is 1. The number of fused-ring (bicyclic) bond motifs is 2. The summed E-state index contributed by atoms with van der Waals surface area (Å²) >= 11 is 5.94. The summed E-state index contributed by atoms with van der Waals surface area (Å²) in [6, 6.07) is 7.57. The molecule has 1 unspecified atom stereocenters. The van der Waals surface area contributed by atoms with Gasteiger partial charge in [0, 0.05) is 18.4 Å². The molecule has 0 saturated carbocycles. The van der Waals surface area contributed by atoms with Crippen molar-refractivity contribution in [3.63, 3.8) is 0 Å². The molecule has 0 radical (unpaired) electrons.